The minimum absolute atomic E-state index is 0.222. The number of aromatic nitrogens is 1. The van der Waals surface area contributed by atoms with Crippen LogP contribution in [-0.4, -0.2) is 36.6 Å². The second kappa shape index (κ2) is 4.97. The fraction of sp³-hybridized carbons (Fsp3) is 0.692. The number of nitrogens with zero attached hydrogens (tertiary/aromatic N) is 2. The van der Waals surface area contributed by atoms with Crippen molar-refractivity contribution >= 4 is 22.3 Å². The fourth-order valence-corrected chi connectivity index (χ4v) is 3.84. The zero-order chi connectivity index (χ0) is 12.5. The molecule has 1 fully saturated rings. The molecule has 2 aliphatic rings. The second-order valence-corrected chi connectivity index (χ2v) is 5.94. The summed E-state index contributed by atoms with van der Waals surface area (Å²) in [5.41, 5.74) is 0.739. The summed E-state index contributed by atoms with van der Waals surface area (Å²) < 4.78 is 5.52. The largest absolute Gasteiger partial charge is 0.377 e. The molecule has 18 heavy (non-hydrogen) atoms. The molecule has 1 atom stereocenters. The first-order valence-corrected chi connectivity index (χ1v) is 7.48. The molecule has 1 aliphatic carbocycles. The molecule has 1 aliphatic heterocycles. The topological polar surface area (TPSA) is 42.4 Å². The Bertz CT molecular complexity index is 458. The number of aryl methyl sites for hydroxylation is 1. The molecule has 1 aromatic rings. The molecule has 0 N–H and O–H groups in total. The van der Waals surface area contributed by atoms with Gasteiger partial charge in [-0.3, -0.25) is 4.79 Å². The van der Waals surface area contributed by atoms with E-state index in [2.05, 4.69) is 16.8 Å². The number of carbonyl (C=O) groups excluding carboxylic acids is 1. The maximum absolute atomic E-state index is 11.8. The zero-order valence-corrected chi connectivity index (χ0v) is 11.5. The van der Waals surface area contributed by atoms with Gasteiger partial charge in [-0.1, -0.05) is 6.92 Å². The molecule has 3 rings (SSSR count). The third kappa shape index (κ3) is 2.06. The lowest BCUT2D eigenvalue weighted by Crippen LogP contribution is -2.45. The highest BCUT2D eigenvalue weighted by atomic mass is 32.1. The van der Waals surface area contributed by atoms with Gasteiger partial charge in [0.15, 0.2) is 10.9 Å². The minimum Gasteiger partial charge on any atom is -0.377 e. The summed E-state index contributed by atoms with van der Waals surface area (Å²) >= 11 is 1.70. The highest BCUT2D eigenvalue weighted by Gasteiger charge is 2.28. The average molecular weight is 266 g/mol. The number of Topliss-reactive ketones (excluding diaryl/α,β-unsaturated/α-hetero) is 1. The number of carbonyl (C=O) groups is 1. The maximum Gasteiger partial charge on any atom is 0.186 e. The van der Waals surface area contributed by atoms with Gasteiger partial charge in [0, 0.05) is 17.8 Å². The summed E-state index contributed by atoms with van der Waals surface area (Å²) in [6, 6.07) is 0.404. The molecule has 0 aromatic carbocycles. The van der Waals surface area contributed by atoms with Crippen LogP contribution >= 0.6 is 11.3 Å². The van der Waals surface area contributed by atoms with Crippen molar-refractivity contribution in [3.63, 3.8) is 0 Å². The maximum atomic E-state index is 11.8. The van der Waals surface area contributed by atoms with E-state index >= 15 is 0 Å². The molecule has 0 saturated carbocycles. The first kappa shape index (κ1) is 12.1. The summed E-state index contributed by atoms with van der Waals surface area (Å²) in [5.74, 6) is 0.222. The van der Waals surface area contributed by atoms with Crippen molar-refractivity contribution in [3.05, 3.63) is 10.6 Å². The van der Waals surface area contributed by atoms with Gasteiger partial charge < -0.3 is 9.64 Å². The monoisotopic (exact) mass is 266 g/mol. The van der Waals surface area contributed by atoms with E-state index in [1.807, 2.05) is 0 Å². The number of rotatable bonds is 2. The van der Waals surface area contributed by atoms with Crippen molar-refractivity contribution in [1.82, 2.24) is 4.98 Å². The Labute approximate surface area is 111 Å². The number of morpholine rings is 1. The fourth-order valence-electron chi connectivity index (χ4n) is 2.62. The molecule has 5 heteroatoms. The van der Waals surface area contributed by atoms with Crippen LogP contribution in [0.1, 0.15) is 41.6 Å². The number of thiazole rings is 1. The molecule has 1 saturated heterocycles. The lowest BCUT2D eigenvalue weighted by atomic mass is 10.0. The Morgan fingerprint density at radius 2 is 2.39 bits per heavy atom. The Morgan fingerprint density at radius 3 is 3.17 bits per heavy atom. The molecular formula is C13H18N2O2S. The van der Waals surface area contributed by atoms with Crippen LogP contribution in [0.25, 0.3) is 0 Å². The van der Waals surface area contributed by atoms with Gasteiger partial charge >= 0.3 is 0 Å². The molecule has 0 amide bonds. The molecule has 1 aromatic heterocycles. The van der Waals surface area contributed by atoms with Crippen LogP contribution in [0, 0.1) is 0 Å². The van der Waals surface area contributed by atoms with Gasteiger partial charge in [-0.2, -0.15) is 0 Å². The zero-order valence-electron chi connectivity index (χ0n) is 10.6. The summed E-state index contributed by atoms with van der Waals surface area (Å²) in [6.07, 6.45) is 3.71. The van der Waals surface area contributed by atoms with Gasteiger partial charge in [0.25, 0.3) is 0 Å². The van der Waals surface area contributed by atoms with Crippen molar-refractivity contribution in [2.45, 2.75) is 38.6 Å². The minimum atomic E-state index is 0.222. The van der Waals surface area contributed by atoms with Gasteiger partial charge in [-0.25, -0.2) is 4.98 Å². The lowest BCUT2D eigenvalue weighted by molar-refractivity contribution is 0.0928. The SMILES string of the molecule is CCC1COCCN1c1nc2c(s1)CCCC2=O. The first-order valence-electron chi connectivity index (χ1n) is 6.67. The van der Waals surface area contributed by atoms with Crippen LogP contribution in [0.4, 0.5) is 5.13 Å². The number of ether oxygens (including phenoxy) is 1. The smallest absolute Gasteiger partial charge is 0.186 e. The van der Waals surface area contributed by atoms with Crippen molar-refractivity contribution in [3.8, 4) is 0 Å². The summed E-state index contributed by atoms with van der Waals surface area (Å²) in [5, 5.41) is 1.02. The summed E-state index contributed by atoms with van der Waals surface area (Å²) in [4.78, 5) is 19.9. The highest BCUT2D eigenvalue weighted by molar-refractivity contribution is 7.16. The van der Waals surface area contributed by atoms with E-state index in [4.69, 9.17) is 4.74 Å². The molecule has 0 bridgehead atoms. The van der Waals surface area contributed by atoms with Crippen LogP contribution in [0.2, 0.25) is 0 Å². The lowest BCUT2D eigenvalue weighted by Gasteiger charge is -2.34. The molecule has 1 unspecified atom stereocenters. The van der Waals surface area contributed by atoms with Gasteiger partial charge in [0.2, 0.25) is 0 Å². The number of anilines is 1. The van der Waals surface area contributed by atoms with E-state index in [0.29, 0.717) is 12.5 Å². The third-order valence-corrected chi connectivity index (χ3v) is 4.85. The predicted molar refractivity (Wildman–Crippen MR) is 71.6 cm³/mol. The summed E-state index contributed by atoms with van der Waals surface area (Å²) in [6.45, 7) is 4.59. The quantitative estimate of drug-likeness (QED) is 0.823. The van der Waals surface area contributed by atoms with E-state index in [1.54, 1.807) is 11.3 Å². The number of fused-ring (bicyclic) bond motifs is 1. The third-order valence-electron chi connectivity index (χ3n) is 3.70. The van der Waals surface area contributed by atoms with Gasteiger partial charge in [-0.15, -0.1) is 11.3 Å². The Morgan fingerprint density at radius 1 is 1.50 bits per heavy atom. The van der Waals surface area contributed by atoms with Crippen molar-refractivity contribution in [1.29, 1.82) is 0 Å². The molecular weight excluding hydrogens is 248 g/mol. The number of hydrogen-bond acceptors (Lipinski definition) is 5. The van der Waals surface area contributed by atoms with Crippen LogP contribution in [0.5, 0.6) is 0 Å². The molecule has 2 heterocycles. The second-order valence-electron chi connectivity index (χ2n) is 4.88. The Hall–Kier alpha value is -0.940. The van der Waals surface area contributed by atoms with E-state index in [1.165, 1.54) is 4.88 Å². The van der Waals surface area contributed by atoms with E-state index in [9.17, 15) is 4.79 Å². The standard InChI is InChI=1S/C13H18N2O2S/c1-2-9-8-17-7-6-15(9)13-14-12-10(16)4-3-5-11(12)18-13/h9H,2-8H2,1H3. The molecule has 98 valence electrons. The van der Waals surface area contributed by atoms with E-state index < -0.39 is 0 Å². The Balaban J connectivity index is 1.89. The van der Waals surface area contributed by atoms with Crippen LogP contribution in [0.15, 0.2) is 0 Å². The predicted octanol–water partition coefficient (Wildman–Crippen LogP) is 2.28. The van der Waals surface area contributed by atoms with Crippen molar-refractivity contribution < 1.29 is 9.53 Å². The van der Waals surface area contributed by atoms with Gasteiger partial charge in [0.1, 0.15) is 5.69 Å². The number of hydrogen-bond donors (Lipinski definition) is 0. The van der Waals surface area contributed by atoms with Crippen LogP contribution in [0.3, 0.4) is 0 Å². The average Bonchev–Trinajstić information content (AvgIpc) is 2.84. The highest BCUT2D eigenvalue weighted by Crippen LogP contribution is 2.33. The first-order chi connectivity index (χ1) is 8.79. The van der Waals surface area contributed by atoms with Gasteiger partial charge in [-0.05, 0) is 19.3 Å². The normalized spacial score (nSPS) is 24.2. The Kier molecular flexibility index (Phi) is 3.35. The van der Waals surface area contributed by atoms with E-state index in [-0.39, 0.29) is 5.78 Å². The molecule has 4 nitrogen and oxygen atoms in total. The van der Waals surface area contributed by atoms with Crippen molar-refractivity contribution in [2.24, 2.45) is 0 Å². The van der Waals surface area contributed by atoms with E-state index in [0.717, 1.165) is 49.8 Å². The van der Waals surface area contributed by atoms with Crippen LogP contribution < -0.4 is 4.90 Å². The summed E-state index contributed by atoms with van der Waals surface area (Å²) in [7, 11) is 0. The van der Waals surface area contributed by atoms with Crippen molar-refractivity contribution in [2.75, 3.05) is 24.7 Å². The molecule has 0 radical (unpaired) electrons. The van der Waals surface area contributed by atoms with Gasteiger partial charge in [0.05, 0.1) is 19.3 Å². The van der Waals surface area contributed by atoms with Crippen LogP contribution in [-0.2, 0) is 11.2 Å². The number of ketones is 1. The molecule has 0 spiro atoms.